The third-order valence-corrected chi connectivity index (χ3v) is 5.77. The molecule has 5 aromatic rings. The molecule has 0 bridgehead atoms. The van der Waals surface area contributed by atoms with E-state index < -0.39 is 0 Å². The first-order valence-electron chi connectivity index (χ1n) is 10.8. The second-order valence-electron chi connectivity index (χ2n) is 7.86. The highest BCUT2D eigenvalue weighted by atomic mass is 16.1. The van der Waals surface area contributed by atoms with Crippen molar-refractivity contribution in [2.24, 2.45) is 0 Å². The zero-order valence-corrected chi connectivity index (χ0v) is 18.5. The molecule has 1 amide bonds. The van der Waals surface area contributed by atoms with Crippen molar-refractivity contribution in [2.75, 3.05) is 12.4 Å². The molecule has 5 rings (SSSR count). The van der Waals surface area contributed by atoms with Gasteiger partial charge in [-0.15, -0.1) is 0 Å². The summed E-state index contributed by atoms with van der Waals surface area (Å²) in [7, 11) is 1.62. The summed E-state index contributed by atoms with van der Waals surface area (Å²) in [6.45, 7) is 0. The zero-order valence-electron chi connectivity index (χ0n) is 18.5. The van der Waals surface area contributed by atoms with Gasteiger partial charge in [0.2, 0.25) is 0 Å². The second-order valence-corrected chi connectivity index (χ2v) is 7.86. The number of H-pyrrole nitrogens is 1. The molecule has 0 aliphatic heterocycles. The minimum Gasteiger partial charge on any atom is -0.361 e. The van der Waals surface area contributed by atoms with Crippen molar-refractivity contribution in [1.29, 1.82) is 5.26 Å². The van der Waals surface area contributed by atoms with Crippen molar-refractivity contribution in [3.05, 3.63) is 103 Å². The molecule has 0 fully saturated rings. The van der Waals surface area contributed by atoms with Crippen LogP contribution in [-0.2, 0) is 0 Å². The van der Waals surface area contributed by atoms with Gasteiger partial charge in [-0.1, -0.05) is 30.3 Å². The second kappa shape index (κ2) is 8.93. The number of carbonyl (C=O) groups excluding carboxylic acids is 1. The molecule has 0 unspecified atom stereocenters. The minimum absolute atomic E-state index is 0.117. The summed E-state index contributed by atoms with van der Waals surface area (Å²) in [6, 6.07) is 25.8. The van der Waals surface area contributed by atoms with Crippen LogP contribution in [-0.4, -0.2) is 22.9 Å². The standard InChI is InChI=1S/C28H21N5O/c1-30-28(34)19-7-5-18(6-8-19)20-3-2-4-21(13-20)25-17-31-16-23(15-29)27(25)33-24-9-10-26-22(14-24)11-12-32-26/h2-14,16-17,32H,1H3,(H,30,34)(H,31,33). The van der Waals surface area contributed by atoms with Crippen LogP contribution in [0.3, 0.4) is 0 Å². The summed E-state index contributed by atoms with van der Waals surface area (Å²) in [5, 5.41) is 16.9. The fraction of sp³-hybridized carbons (Fsp3) is 0.0357. The number of aromatic amines is 1. The summed E-state index contributed by atoms with van der Waals surface area (Å²) in [6.07, 6.45) is 5.24. The monoisotopic (exact) mass is 443 g/mol. The maximum Gasteiger partial charge on any atom is 0.251 e. The van der Waals surface area contributed by atoms with Crippen LogP contribution in [0.1, 0.15) is 15.9 Å². The predicted octanol–water partition coefficient (Wildman–Crippen LogP) is 5.87. The highest BCUT2D eigenvalue weighted by Crippen LogP contribution is 2.35. The molecule has 0 aliphatic carbocycles. The Morgan fingerprint density at radius 1 is 0.941 bits per heavy atom. The van der Waals surface area contributed by atoms with Gasteiger partial charge in [0.15, 0.2) is 0 Å². The number of hydrogen-bond acceptors (Lipinski definition) is 4. The summed E-state index contributed by atoms with van der Waals surface area (Å²) in [5.74, 6) is -0.117. The van der Waals surface area contributed by atoms with E-state index in [4.69, 9.17) is 0 Å². The molecule has 0 spiro atoms. The van der Waals surface area contributed by atoms with Gasteiger partial charge in [0.05, 0.1) is 11.3 Å². The Morgan fingerprint density at radius 2 is 1.76 bits per heavy atom. The van der Waals surface area contributed by atoms with E-state index in [-0.39, 0.29) is 5.91 Å². The van der Waals surface area contributed by atoms with Crippen molar-refractivity contribution in [1.82, 2.24) is 15.3 Å². The molecule has 164 valence electrons. The van der Waals surface area contributed by atoms with Crippen molar-refractivity contribution < 1.29 is 4.79 Å². The first-order chi connectivity index (χ1) is 16.7. The van der Waals surface area contributed by atoms with Crippen LogP contribution in [0.4, 0.5) is 11.4 Å². The molecule has 0 aliphatic rings. The highest BCUT2D eigenvalue weighted by Gasteiger charge is 2.13. The quantitative estimate of drug-likeness (QED) is 0.317. The number of nitrogens with one attached hydrogen (secondary N) is 3. The first-order valence-corrected chi connectivity index (χ1v) is 10.8. The summed E-state index contributed by atoms with van der Waals surface area (Å²) >= 11 is 0. The maximum absolute atomic E-state index is 11.9. The number of nitriles is 1. The van der Waals surface area contributed by atoms with Crippen molar-refractivity contribution in [3.8, 4) is 28.3 Å². The van der Waals surface area contributed by atoms with Gasteiger partial charge >= 0.3 is 0 Å². The molecule has 34 heavy (non-hydrogen) atoms. The molecule has 6 heteroatoms. The lowest BCUT2D eigenvalue weighted by molar-refractivity contribution is 0.0963. The fourth-order valence-corrected chi connectivity index (χ4v) is 4.00. The van der Waals surface area contributed by atoms with E-state index >= 15 is 0 Å². The summed E-state index contributed by atoms with van der Waals surface area (Å²) in [4.78, 5) is 19.4. The molecule has 0 atom stereocenters. The molecule has 3 N–H and O–H groups in total. The van der Waals surface area contributed by atoms with Crippen LogP contribution in [0.25, 0.3) is 33.2 Å². The third kappa shape index (κ3) is 3.98. The lowest BCUT2D eigenvalue weighted by atomic mass is 9.97. The predicted molar refractivity (Wildman–Crippen MR) is 135 cm³/mol. The summed E-state index contributed by atoms with van der Waals surface area (Å²) < 4.78 is 0. The van der Waals surface area contributed by atoms with Crippen LogP contribution in [0.2, 0.25) is 0 Å². The van der Waals surface area contributed by atoms with E-state index in [2.05, 4.69) is 32.7 Å². The average Bonchev–Trinajstić information content (AvgIpc) is 3.36. The summed E-state index contributed by atoms with van der Waals surface area (Å²) in [5.41, 5.74) is 7.48. The topological polar surface area (TPSA) is 93.6 Å². The van der Waals surface area contributed by atoms with Gasteiger partial charge in [-0.25, -0.2) is 0 Å². The SMILES string of the molecule is CNC(=O)c1ccc(-c2cccc(-c3cncc(C#N)c3Nc3ccc4[nH]ccc4c3)c2)cc1. The molecular formula is C28H21N5O. The Kier molecular flexibility index (Phi) is 5.51. The van der Waals surface area contributed by atoms with E-state index in [0.717, 1.165) is 38.8 Å². The normalized spacial score (nSPS) is 10.6. The van der Waals surface area contributed by atoms with Crippen molar-refractivity contribution in [3.63, 3.8) is 0 Å². The number of fused-ring (bicyclic) bond motifs is 1. The molecular weight excluding hydrogens is 422 g/mol. The lowest BCUT2D eigenvalue weighted by Gasteiger charge is -2.15. The van der Waals surface area contributed by atoms with Crippen LogP contribution in [0.5, 0.6) is 0 Å². The van der Waals surface area contributed by atoms with Crippen LogP contribution >= 0.6 is 0 Å². The first kappa shape index (κ1) is 21.0. The molecule has 0 saturated heterocycles. The number of rotatable bonds is 5. The Hall–Kier alpha value is -4.89. The number of pyridine rings is 1. The molecule has 3 aromatic carbocycles. The Balaban J connectivity index is 1.54. The number of nitrogens with zero attached hydrogens (tertiary/aromatic N) is 2. The van der Waals surface area contributed by atoms with Gasteiger partial charge in [0.25, 0.3) is 5.91 Å². The molecule has 0 radical (unpaired) electrons. The highest BCUT2D eigenvalue weighted by molar-refractivity contribution is 5.94. The molecule has 2 heterocycles. The van der Waals surface area contributed by atoms with Gasteiger partial charge in [-0.2, -0.15) is 5.26 Å². The van der Waals surface area contributed by atoms with Gasteiger partial charge in [0.1, 0.15) is 6.07 Å². The molecule has 6 nitrogen and oxygen atoms in total. The van der Waals surface area contributed by atoms with Crippen LogP contribution in [0, 0.1) is 11.3 Å². The van der Waals surface area contributed by atoms with E-state index in [1.165, 1.54) is 0 Å². The van der Waals surface area contributed by atoms with Crippen LogP contribution < -0.4 is 10.6 Å². The van der Waals surface area contributed by atoms with Gasteiger partial charge in [0, 0.05) is 53.4 Å². The Labute approximate surface area is 196 Å². The van der Waals surface area contributed by atoms with Gasteiger partial charge in [-0.05, 0) is 59.2 Å². The zero-order chi connectivity index (χ0) is 23.5. The van der Waals surface area contributed by atoms with Gasteiger partial charge in [-0.3, -0.25) is 9.78 Å². The molecule has 2 aromatic heterocycles. The van der Waals surface area contributed by atoms with Crippen molar-refractivity contribution >= 4 is 28.2 Å². The smallest absolute Gasteiger partial charge is 0.251 e. The number of benzene rings is 3. The lowest BCUT2D eigenvalue weighted by Crippen LogP contribution is -2.17. The number of anilines is 2. The number of amides is 1. The van der Waals surface area contributed by atoms with E-state index in [1.807, 2.05) is 72.9 Å². The van der Waals surface area contributed by atoms with Crippen LogP contribution in [0.15, 0.2) is 91.4 Å². The number of carbonyl (C=O) groups is 1. The van der Waals surface area contributed by atoms with E-state index in [9.17, 15) is 10.1 Å². The number of hydrogen-bond donors (Lipinski definition) is 3. The average molecular weight is 444 g/mol. The maximum atomic E-state index is 11.9. The largest absolute Gasteiger partial charge is 0.361 e. The van der Waals surface area contributed by atoms with E-state index in [0.29, 0.717) is 16.8 Å². The Bertz CT molecular complexity index is 1540. The third-order valence-electron chi connectivity index (χ3n) is 5.77. The van der Waals surface area contributed by atoms with Crippen molar-refractivity contribution in [2.45, 2.75) is 0 Å². The number of aromatic nitrogens is 2. The van der Waals surface area contributed by atoms with E-state index in [1.54, 1.807) is 19.4 Å². The minimum atomic E-state index is -0.117. The fourth-order valence-electron chi connectivity index (χ4n) is 4.00. The molecule has 0 saturated carbocycles. The Morgan fingerprint density at radius 3 is 2.56 bits per heavy atom. The van der Waals surface area contributed by atoms with Gasteiger partial charge < -0.3 is 15.6 Å².